The lowest BCUT2D eigenvalue weighted by Gasteiger charge is -2.40. The van der Waals surface area contributed by atoms with Gasteiger partial charge in [0.1, 0.15) is 0 Å². The summed E-state index contributed by atoms with van der Waals surface area (Å²) in [5, 5.41) is 10.0. The molecule has 0 unspecified atom stereocenters. The number of piperazine rings is 1. The molecule has 2 bridgehead atoms. The molecule has 0 saturated carbocycles. The van der Waals surface area contributed by atoms with Gasteiger partial charge in [0, 0.05) is 17.9 Å². The van der Waals surface area contributed by atoms with Gasteiger partial charge < -0.3 is 19.3 Å². The van der Waals surface area contributed by atoms with Gasteiger partial charge in [0.25, 0.3) is 11.8 Å². The molecular formula is C18H16BrN3O4S. The molecule has 27 heavy (non-hydrogen) atoms. The number of rotatable bonds is 1. The highest BCUT2D eigenvalue weighted by Crippen LogP contribution is 2.70. The standard InChI is InChI=1S/C18H16BrN3O4S/c1-16(7-20)6-18-15(24)21(3)17(2,27-18)14(23)22(18)13(16)9-4-11-12(5-10(9)19)26-8-25-11/h4-5,13H,6,8H2,1-3H3/t13-,16+,17-,18-/m0/s1. The predicted molar refractivity (Wildman–Crippen MR) is 99.7 cm³/mol. The van der Waals surface area contributed by atoms with E-state index in [1.165, 1.54) is 16.7 Å². The van der Waals surface area contributed by atoms with E-state index < -0.39 is 21.2 Å². The zero-order valence-corrected chi connectivity index (χ0v) is 17.3. The van der Waals surface area contributed by atoms with Gasteiger partial charge in [0.2, 0.25) is 6.79 Å². The molecule has 1 aromatic rings. The predicted octanol–water partition coefficient (Wildman–Crippen LogP) is 2.61. The molecule has 2 amide bonds. The van der Waals surface area contributed by atoms with Crippen LogP contribution >= 0.6 is 27.7 Å². The Bertz CT molecular complexity index is 980. The Balaban J connectivity index is 1.73. The topological polar surface area (TPSA) is 82.9 Å². The molecule has 3 saturated heterocycles. The van der Waals surface area contributed by atoms with Crippen LogP contribution in [0.25, 0.3) is 0 Å². The maximum Gasteiger partial charge on any atom is 0.261 e. The third-order valence-corrected chi connectivity index (χ3v) is 8.55. The first-order chi connectivity index (χ1) is 12.7. The van der Waals surface area contributed by atoms with Crippen LogP contribution in [-0.4, -0.2) is 45.2 Å². The molecule has 7 nitrogen and oxygen atoms in total. The number of carbonyl (C=O) groups is 2. The van der Waals surface area contributed by atoms with Gasteiger partial charge in [-0.1, -0.05) is 27.7 Å². The normalized spacial score (nSPS) is 38.6. The van der Waals surface area contributed by atoms with Crippen LogP contribution < -0.4 is 9.47 Å². The maximum absolute atomic E-state index is 13.4. The maximum atomic E-state index is 13.4. The summed E-state index contributed by atoms with van der Waals surface area (Å²) in [6, 6.07) is 5.43. The van der Waals surface area contributed by atoms with Gasteiger partial charge in [-0.05, 0) is 31.5 Å². The van der Waals surface area contributed by atoms with E-state index in [2.05, 4.69) is 22.0 Å². The van der Waals surface area contributed by atoms with Gasteiger partial charge in [-0.2, -0.15) is 5.26 Å². The number of ether oxygens (including phenoxy) is 2. The minimum Gasteiger partial charge on any atom is -0.454 e. The number of fused-ring (bicyclic) bond motifs is 2. The molecule has 9 heteroatoms. The van der Waals surface area contributed by atoms with E-state index in [-0.39, 0.29) is 25.0 Å². The summed E-state index contributed by atoms with van der Waals surface area (Å²) in [6.45, 7) is 3.73. The number of nitrogens with zero attached hydrogens (tertiary/aromatic N) is 3. The lowest BCUT2D eigenvalue weighted by molar-refractivity contribution is -0.159. The lowest BCUT2D eigenvalue weighted by Crippen LogP contribution is -2.60. The minimum absolute atomic E-state index is 0.115. The van der Waals surface area contributed by atoms with E-state index >= 15 is 0 Å². The molecule has 4 atom stereocenters. The van der Waals surface area contributed by atoms with Crippen LogP contribution in [0, 0.1) is 16.7 Å². The summed E-state index contributed by atoms with van der Waals surface area (Å²) < 4.78 is 11.6. The number of hydrogen-bond acceptors (Lipinski definition) is 6. The van der Waals surface area contributed by atoms with Gasteiger partial charge in [-0.3, -0.25) is 9.59 Å². The van der Waals surface area contributed by atoms with E-state index in [0.717, 1.165) is 10.0 Å². The van der Waals surface area contributed by atoms with Gasteiger partial charge in [-0.25, -0.2) is 0 Å². The van der Waals surface area contributed by atoms with Crippen molar-refractivity contribution in [2.75, 3.05) is 13.8 Å². The Kier molecular flexibility index (Phi) is 3.13. The molecule has 5 rings (SSSR count). The first-order valence-electron chi connectivity index (χ1n) is 8.50. The van der Waals surface area contributed by atoms with Crippen LogP contribution in [0.5, 0.6) is 11.5 Å². The quantitative estimate of drug-likeness (QED) is 0.655. The molecule has 0 N–H and O–H groups in total. The molecular weight excluding hydrogens is 434 g/mol. The van der Waals surface area contributed by atoms with Crippen LogP contribution in [-0.2, 0) is 9.59 Å². The molecule has 3 fully saturated rings. The summed E-state index contributed by atoms with van der Waals surface area (Å²) in [4.78, 5) is 27.7. The smallest absolute Gasteiger partial charge is 0.261 e. The molecule has 140 valence electrons. The first kappa shape index (κ1) is 17.2. The van der Waals surface area contributed by atoms with E-state index in [9.17, 15) is 14.9 Å². The molecule has 0 aromatic heterocycles. The molecule has 1 spiro atoms. The molecule has 4 aliphatic rings. The monoisotopic (exact) mass is 449 g/mol. The van der Waals surface area contributed by atoms with E-state index in [0.29, 0.717) is 11.5 Å². The summed E-state index contributed by atoms with van der Waals surface area (Å²) >= 11 is 4.92. The summed E-state index contributed by atoms with van der Waals surface area (Å²) in [7, 11) is 1.66. The second kappa shape index (κ2) is 4.92. The second-order valence-corrected chi connectivity index (χ2v) is 10.3. The van der Waals surface area contributed by atoms with Crippen molar-refractivity contribution in [3.05, 3.63) is 22.2 Å². The highest BCUT2D eigenvalue weighted by molar-refractivity contribution is 9.10. The van der Waals surface area contributed by atoms with Crippen molar-refractivity contribution in [3.8, 4) is 17.6 Å². The van der Waals surface area contributed by atoms with E-state index in [1.807, 2.05) is 13.0 Å². The number of hydrogen-bond donors (Lipinski definition) is 0. The Morgan fingerprint density at radius 1 is 1.26 bits per heavy atom. The first-order valence-corrected chi connectivity index (χ1v) is 10.1. The highest BCUT2D eigenvalue weighted by atomic mass is 79.9. The van der Waals surface area contributed by atoms with Crippen molar-refractivity contribution in [2.24, 2.45) is 5.41 Å². The fraction of sp³-hybridized carbons (Fsp3) is 0.500. The van der Waals surface area contributed by atoms with Gasteiger partial charge in [-0.15, -0.1) is 0 Å². The Morgan fingerprint density at radius 3 is 2.59 bits per heavy atom. The number of benzene rings is 1. The molecule has 0 radical (unpaired) electrons. The third-order valence-electron chi connectivity index (χ3n) is 6.16. The van der Waals surface area contributed by atoms with Crippen molar-refractivity contribution in [1.29, 1.82) is 5.26 Å². The number of likely N-dealkylation sites (N-methyl/N-ethyl adjacent to an activating group) is 1. The van der Waals surface area contributed by atoms with Crippen molar-refractivity contribution < 1.29 is 19.1 Å². The molecule has 0 aliphatic carbocycles. The van der Waals surface area contributed by atoms with Crippen molar-refractivity contribution in [3.63, 3.8) is 0 Å². The third kappa shape index (κ3) is 1.79. The Labute approximate surface area is 168 Å². The second-order valence-electron chi connectivity index (χ2n) is 7.74. The largest absolute Gasteiger partial charge is 0.454 e. The average molecular weight is 450 g/mol. The Morgan fingerprint density at radius 2 is 1.93 bits per heavy atom. The van der Waals surface area contributed by atoms with Gasteiger partial charge in [0.05, 0.1) is 17.5 Å². The van der Waals surface area contributed by atoms with Crippen LogP contribution in [0.2, 0.25) is 0 Å². The van der Waals surface area contributed by atoms with Crippen molar-refractivity contribution in [2.45, 2.75) is 36.1 Å². The number of halogens is 1. The minimum atomic E-state index is -1.04. The van der Waals surface area contributed by atoms with Crippen LogP contribution in [0.3, 0.4) is 0 Å². The van der Waals surface area contributed by atoms with Crippen LogP contribution in [0.15, 0.2) is 16.6 Å². The molecule has 1 aromatic carbocycles. The number of amides is 2. The zero-order valence-electron chi connectivity index (χ0n) is 14.9. The SMILES string of the molecule is CN1C(=O)[C@@]23C[C@](C)(C#N)[C@H](c4cc5c(cc4Br)OCO5)N2C(=O)[C@]1(C)S3. The average Bonchev–Trinajstić information content (AvgIpc) is 3.28. The number of carbonyl (C=O) groups excluding carboxylic acids is 2. The summed E-state index contributed by atoms with van der Waals surface area (Å²) in [5.41, 5.74) is -0.165. The van der Waals surface area contributed by atoms with Crippen molar-refractivity contribution >= 4 is 39.5 Å². The zero-order chi connectivity index (χ0) is 19.4. The number of thioether (sulfide) groups is 1. The van der Waals surface area contributed by atoms with E-state index in [1.54, 1.807) is 24.9 Å². The summed E-state index contributed by atoms with van der Waals surface area (Å²) in [5.74, 6) is 0.940. The molecule has 4 aliphatic heterocycles. The lowest BCUT2D eigenvalue weighted by atomic mass is 9.79. The molecule has 4 heterocycles. The van der Waals surface area contributed by atoms with Crippen LogP contribution in [0.1, 0.15) is 31.9 Å². The fourth-order valence-electron chi connectivity index (χ4n) is 4.75. The highest BCUT2D eigenvalue weighted by Gasteiger charge is 2.79. The van der Waals surface area contributed by atoms with Crippen molar-refractivity contribution in [1.82, 2.24) is 9.80 Å². The number of nitriles is 1. The van der Waals surface area contributed by atoms with Gasteiger partial charge in [0.15, 0.2) is 21.2 Å². The van der Waals surface area contributed by atoms with Gasteiger partial charge >= 0.3 is 0 Å². The fourth-order valence-corrected chi connectivity index (χ4v) is 7.24. The van der Waals surface area contributed by atoms with Crippen LogP contribution in [0.4, 0.5) is 0 Å². The Hall–Kier alpha value is -1.92. The summed E-state index contributed by atoms with van der Waals surface area (Å²) in [6.07, 6.45) is 0.289. The van der Waals surface area contributed by atoms with E-state index in [4.69, 9.17) is 9.47 Å².